The molecule has 2 aliphatic heterocycles. The zero-order chi connectivity index (χ0) is 14.7. The molecule has 2 saturated heterocycles. The summed E-state index contributed by atoms with van der Waals surface area (Å²) in [4.78, 5) is 16.9. The number of nitrogens with one attached hydrogen (secondary N) is 1. The zero-order valence-electron chi connectivity index (χ0n) is 12.8. The number of rotatable bonds is 4. The molecule has 0 radical (unpaired) electrons. The number of hydrogen-bond acceptors (Lipinski definition) is 3. The van der Waals surface area contributed by atoms with Crippen molar-refractivity contribution < 1.29 is 4.79 Å². The Kier molecular flexibility index (Phi) is 4.56. The first kappa shape index (κ1) is 14.5. The van der Waals surface area contributed by atoms with Gasteiger partial charge in [0.25, 0.3) is 0 Å². The Balaban J connectivity index is 1.56. The molecule has 1 amide bonds. The highest BCUT2D eigenvalue weighted by molar-refractivity contribution is 5.84. The van der Waals surface area contributed by atoms with E-state index < -0.39 is 0 Å². The molecule has 2 atom stereocenters. The lowest BCUT2D eigenvalue weighted by Gasteiger charge is -2.34. The molecule has 2 fully saturated rings. The van der Waals surface area contributed by atoms with E-state index in [2.05, 4.69) is 29.4 Å². The van der Waals surface area contributed by atoms with Crippen molar-refractivity contribution in [2.24, 2.45) is 0 Å². The number of hydrogen-bond donors (Lipinski definition) is 1. The van der Waals surface area contributed by atoms with E-state index in [1.165, 1.54) is 24.8 Å². The summed E-state index contributed by atoms with van der Waals surface area (Å²) in [5.41, 5.74) is 1.22. The van der Waals surface area contributed by atoms with Crippen LogP contribution in [0.15, 0.2) is 30.3 Å². The Bertz CT molecular complexity index is 476. The maximum absolute atomic E-state index is 12.5. The van der Waals surface area contributed by atoms with Gasteiger partial charge in [0, 0.05) is 12.6 Å². The summed E-state index contributed by atoms with van der Waals surface area (Å²) < 4.78 is 0. The standard InChI is InChI=1S/C17H25N3O/c1-19-10-6-5-9-15(19)12-20-13-18-16(17(20)21)11-14-7-3-2-4-8-14/h2-4,7-8,15-16,18H,5-6,9-13H2,1H3. The molecule has 0 spiro atoms. The van der Waals surface area contributed by atoms with Gasteiger partial charge in [-0.05, 0) is 38.4 Å². The number of carbonyl (C=O) groups excluding carboxylic acids is 1. The second-order valence-electron chi connectivity index (χ2n) is 6.30. The van der Waals surface area contributed by atoms with Gasteiger partial charge in [-0.25, -0.2) is 0 Å². The highest BCUT2D eigenvalue weighted by atomic mass is 16.2. The Morgan fingerprint density at radius 3 is 2.81 bits per heavy atom. The van der Waals surface area contributed by atoms with Gasteiger partial charge in [-0.3, -0.25) is 10.1 Å². The Labute approximate surface area is 127 Å². The maximum Gasteiger partial charge on any atom is 0.241 e. The number of amides is 1. The van der Waals surface area contributed by atoms with E-state index in [1.54, 1.807) is 0 Å². The monoisotopic (exact) mass is 287 g/mol. The molecular weight excluding hydrogens is 262 g/mol. The third-order valence-corrected chi connectivity index (χ3v) is 4.77. The summed E-state index contributed by atoms with van der Waals surface area (Å²) in [5.74, 6) is 0.262. The van der Waals surface area contributed by atoms with E-state index >= 15 is 0 Å². The van der Waals surface area contributed by atoms with E-state index in [0.717, 1.165) is 19.5 Å². The van der Waals surface area contributed by atoms with E-state index in [0.29, 0.717) is 12.7 Å². The van der Waals surface area contributed by atoms with Crippen molar-refractivity contribution in [1.29, 1.82) is 0 Å². The molecule has 21 heavy (non-hydrogen) atoms. The van der Waals surface area contributed by atoms with Crippen LogP contribution < -0.4 is 5.32 Å². The molecule has 4 nitrogen and oxygen atoms in total. The molecule has 4 heteroatoms. The minimum absolute atomic E-state index is 0.0544. The number of likely N-dealkylation sites (N-methyl/N-ethyl adjacent to an activating group) is 1. The van der Waals surface area contributed by atoms with Crippen LogP contribution in [0.1, 0.15) is 24.8 Å². The summed E-state index contributed by atoms with van der Waals surface area (Å²) in [7, 11) is 2.18. The molecule has 0 aliphatic carbocycles. The quantitative estimate of drug-likeness (QED) is 0.911. The fraction of sp³-hybridized carbons (Fsp3) is 0.588. The van der Waals surface area contributed by atoms with E-state index in [-0.39, 0.29) is 11.9 Å². The van der Waals surface area contributed by atoms with Gasteiger partial charge in [0.2, 0.25) is 5.91 Å². The van der Waals surface area contributed by atoms with Gasteiger partial charge >= 0.3 is 0 Å². The normalized spacial score (nSPS) is 27.3. The fourth-order valence-electron chi connectivity index (χ4n) is 3.40. The fourth-order valence-corrected chi connectivity index (χ4v) is 3.40. The topological polar surface area (TPSA) is 35.6 Å². The molecule has 1 N–H and O–H groups in total. The van der Waals surface area contributed by atoms with Gasteiger partial charge in [-0.1, -0.05) is 36.8 Å². The van der Waals surface area contributed by atoms with Crippen LogP contribution in [0.3, 0.4) is 0 Å². The smallest absolute Gasteiger partial charge is 0.241 e. The molecule has 1 aromatic rings. The molecule has 2 aliphatic rings. The van der Waals surface area contributed by atoms with Crippen molar-refractivity contribution in [2.45, 2.75) is 37.8 Å². The summed E-state index contributed by atoms with van der Waals surface area (Å²) >= 11 is 0. The van der Waals surface area contributed by atoms with Gasteiger partial charge in [0.15, 0.2) is 0 Å². The predicted octanol–water partition coefficient (Wildman–Crippen LogP) is 1.47. The highest BCUT2D eigenvalue weighted by Gasteiger charge is 2.33. The Morgan fingerprint density at radius 2 is 2.05 bits per heavy atom. The van der Waals surface area contributed by atoms with Crippen molar-refractivity contribution >= 4 is 5.91 Å². The second kappa shape index (κ2) is 6.58. The van der Waals surface area contributed by atoms with Crippen LogP contribution in [-0.2, 0) is 11.2 Å². The largest absolute Gasteiger partial charge is 0.327 e. The van der Waals surface area contributed by atoms with Crippen molar-refractivity contribution in [3.8, 4) is 0 Å². The van der Waals surface area contributed by atoms with Crippen molar-refractivity contribution in [3.63, 3.8) is 0 Å². The number of likely N-dealkylation sites (tertiary alicyclic amines) is 1. The minimum atomic E-state index is -0.0544. The van der Waals surface area contributed by atoms with E-state index in [4.69, 9.17) is 0 Å². The molecule has 2 unspecified atom stereocenters. The first-order valence-electron chi connectivity index (χ1n) is 8.00. The molecule has 0 bridgehead atoms. The number of piperidine rings is 1. The predicted molar refractivity (Wildman–Crippen MR) is 83.9 cm³/mol. The van der Waals surface area contributed by atoms with Crippen LogP contribution in [0.5, 0.6) is 0 Å². The van der Waals surface area contributed by atoms with Crippen LogP contribution >= 0.6 is 0 Å². The van der Waals surface area contributed by atoms with Crippen LogP contribution in [0.4, 0.5) is 0 Å². The first-order chi connectivity index (χ1) is 10.2. The first-order valence-corrected chi connectivity index (χ1v) is 8.00. The third-order valence-electron chi connectivity index (χ3n) is 4.77. The lowest BCUT2D eigenvalue weighted by molar-refractivity contribution is -0.129. The summed E-state index contributed by atoms with van der Waals surface area (Å²) in [5, 5.41) is 3.37. The molecule has 0 aromatic heterocycles. The number of nitrogens with zero attached hydrogens (tertiary/aromatic N) is 2. The van der Waals surface area contributed by atoms with Crippen molar-refractivity contribution in [3.05, 3.63) is 35.9 Å². The lowest BCUT2D eigenvalue weighted by Crippen LogP contribution is -2.46. The van der Waals surface area contributed by atoms with Crippen LogP contribution in [0.2, 0.25) is 0 Å². The van der Waals surface area contributed by atoms with Gasteiger partial charge in [-0.15, -0.1) is 0 Å². The van der Waals surface area contributed by atoms with Crippen molar-refractivity contribution in [2.75, 3.05) is 26.8 Å². The average Bonchev–Trinajstić information content (AvgIpc) is 2.84. The SMILES string of the molecule is CN1CCCCC1CN1CNC(Cc2ccccc2)C1=O. The zero-order valence-corrected chi connectivity index (χ0v) is 12.8. The van der Waals surface area contributed by atoms with Gasteiger partial charge in [0.05, 0.1) is 12.7 Å². The van der Waals surface area contributed by atoms with Gasteiger partial charge in [-0.2, -0.15) is 0 Å². The van der Waals surface area contributed by atoms with Crippen molar-refractivity contribution in [1.82, 2.24) is 15.1 Å². The van der Waals surface area contributed by atoms with E-state index in [1.807, 2.05) is 23.1 Å². The molecule has 2 heterocycles. The molecule has 1 aromatic carbocycles. The molecule has 3 rings (SSSR count). The average molecular weight is 287 g/mol. The van der Waals surface area contributed by atoms with Crippen LogP contribution in [-0.4, -0.2) is 54.6 Å². The maximum atomic E-state index is 12.5. The second-order valence-corrected chi connectivity index (χ2v) is 6.30. The molecule has 114 valence electrons. The summed E-state index contributed by atoms with van der Waals surface area (Å²) in [6.07, 6.45) is 4.58. The Hall–Kier alpha value is -1.39. The number of carbonyl (C=O) groups is 1. The third kappa shape index (κ3) is 3.44. The van der Waals surface area contributed by atoms with Crippen LogP contribution in [0.25, 0.3) is 0 Å². The lowest BCUT2D eigenvalue weighted by atomic mass is 10.0. The summed E-state index contributed by atoms with van der Waals surface area (Å²) in [6.45, 7) is 2.72. The Morgan fingerprint density at radius 1 is 1.24 bits per heavy atom. The summed E-state index contributed by atoms with van der Waals surface area (Å²) in [6, 6.07) is 10.7. The van der Waals surface area contributed by atoms with Gasteiger partial charge in [0.1, 0.15) is 0 Å². The van der Waals surface area contributed by atoms with Crippen LogP contribution in [0, 0.1) is 0 Å². The molecule has 0 saturated carbocycles. The molecular formula is C17H25N3O. The van der Waals surface area contributed by atoms with Gasteiger partial charge < -0.3 is 9.80 Å². The number of benzene rings is 1. The highest BCUT2D eigenvalue weighted by Crippen LogP contribution is 2.18. The van der Waals surface area contributed by atoms with E-state index in [9.17, 15) is 4.79 Å². The minimum Gasteiger partial charge on any atom is -0.327 e.